The van der Waals surface area contributed by atoms with Gasteiger partial charge in [-0.2, -0.15) is 15.2 Å². The van der Waals surface area contributed by atoms with E-state index in [-0.39, 0.29) is 0 Å². The van der Waals surface area contributed by atoms with Crippen LogP contribution in [0.15, 0.2) is 18.5 Å². The number of hydrazine groups is 1. The molecule has 0 aromatic carbocycles. The zero-order valence-electron chi connectivity index (χ0n) is 4.60. The Hall–Kier alpha value is -1.54. The molecule has 0 saturated heterocycles. The first-order valence-electron chi connectivity index (χ1n) is 2.29. The molecule has 0 radical (unpaired) electrons. The molecule has 0 unspecified atom stereocenters. The lowest BCUT2D eigenvalue weighted by Crippen LogP contribution is -2.36. The number of nitrogens with two attached hydrogens (primary N) is 1. The van der Waals surface area contributed by atoms with Crippen LogP contribution in [0.4, 0.5) is 0 Å². The summed E-state index contributed by atoms with van der Waals surface area (Å²) in [7, 11) is 0. The highest BCUT2D eigenvalue weighted by molar-refractivity contribution is 4.93. The van der Waals surface area contributed by atoms with E-state index in [1.807, 2.05) is 0 Å². The van der Waals surface area contributed by atoms with Gasteiger partial charge in [0.2, 0.25) is 6.19 Å². The monoisotopic (exact) mass is 123 g/mol. The summed E-state index contributed by atoms with van der Waals surface area (Å²) in [5, 5.41) is 12.7. The van der Waals surface area contributed by atoms with Crippen molar-refractivity contribution < 1.29 is 0 Å². The minimum absolute atomic E-state index is 0.819. The van der Waals surface area contributed by atoms with Gasteiger partial charge in [-0.25, -0.2) is 5.84 Å². The number of nitriles is 1. The van der Waals surface area contributed by atoms with Crippen molar-refractivity contribution in [1.29, 1.82) is 5.26 Å². The van der Waals surface area contributed by atoms with E-state index in [4.69, 9.17) is 11.1 Å². The van der Waals surface area contributed by atoms with Gasteiger partial charge in [-0.3, -0.25) is 0 Å². The van der Waals surface area contributed by atoms with Crippen molar-refractivity contribution in [3.63, 3.8) is 0 Å². The van der Waals surface area contributed by atoms with Crippen LogP contribution < -0.4 is 11.0 Å². The number of hydrogen-bond acceptors (Lipinski definition) is 4. The molecule has 1 aromatic heterocycles. The van der Waals surface area contributed by atoms with Gasteiger partial charge in [0, 0.05) is 0 Å². The summed E-state index contributed by atoms with van der Waals surface area (Å²) >= 11 is 0. The number of hydrogen-bond donors (Lipinski definition) is 1. The summed E-state index contributed by atoms with van der Waals surface area (Å²) in [5.74, 6) is 5.11. The smallest absolute Gasteiger partial charge is 0.217 e. The Morgan fingerprint density at radius 2 is 2.56 bits per heavy atom. The number of aromatic nitrogens is 2. The van der Waals surface area contributed by atoms with Crippen LogP contribution in [-0.2, 0) is 0 Å². The van der Waals surface area contributed by atoms with E-state index in [0.717, 1.165) is 5.12 Å². The van der Waals surface area contributed by atoms with E-state index in [2.05, 4.69) is 5.10 Å². The third-order valence-electron chi connectivity index (χ3n) is 0.814. The normalized spacial score (nSPS) is 8.44. The van der Waals surface area contributed by atoms with Crippen molar-refractivity contribution in [3.8, 4) is 6.19 Å². The fraction of sp³-hybridized carbons (Fsp3) is 0. The van der Waals surface area contributed by atoms with Gasteiger partial charge in [-0.15, -0.1) is 5.12 Å². The molecule has 1 heterocycles. The van der Waals surface area contributed by atoms with Crippen LogP contribution in [0, 0.1) is 11.5 Å². The van der Waals surface area contributed by atoms with Crippen LogP contribution in [0.3, 0.4) is 0 Å². The van der Waals surface area contributed by atoms with Crippen LogP contribution in [0.5, 0.6) is 0 Å². The molecule has 0 fully saturated rings. The van der Waals surface area contributed by atoms with E-state index in [1.165, 1.54) is 11.0 Å². The van der Waals surface area contributed by atoms with Crippen molar-refractivity contribution in [2.75, 3.05) is 5.12 Å². The molecule has 9 heavy (non-hydrogen) atoms. The zero-order valence-corrected chi connectivity index (χ0v) is 4.60. The molecular weight excluding hydrogens is 118 g/mol. The highest BCUT2D eigenvalue weighted by Crippen LogP contribution is 1.79. The fourth-order valence-corrected chi connectivity index (χ4v) is 0.434. The highest BCUT2D eigenvalue weighted by Gasteiger charge is 1.92. The van der Waals surface area contributed by atoms with Gasteiger partial charge in [0.05, 0.1) is 12.4 Å². The van der Waals surface area contributed by atoms with Crippen LogP contribution >= 0.6 is 0 Å². The quantitative estimate of drug-likeness (QED) is 0.229. The number of nitrogens with zero attached hydrogens (tertiary/aromatic N) is 4. The maximum atomic E-state index is 8.20. The average Bonchev–Trinajstić information content (AvgIpc) is 2.37. The molecule has 0 aliphatic carbocycles. The standard InChI is InChI=1S/C4H5N5/c5-4-8(6)9-3-1-2-7-9/h1-3H,6H2. The Kier molecular flexibility index (Phi) is 1.34. The van der Waals surface area contributed by atoms with Crippen LogP contribution in [-0.4, -0.2) is 9.89 Å². The van der Waals surface area contributed by atoms with E-state index >= 15 is 0 Å². The van der Waals surface area contributed by atoms with Gasteiger partial charge in [0.25, 0.3) is 0 Å². The first-order valence-corrected chi connectivity index (χ1v) is 2.29. The van der Waals surface area contributed by atoms with Crippen LogP contribution in [0.25, 0.3) is 0 Å². The van der Waals surface area contributed by atoms with E-state index in [1.54, 1.807) is 18.5 Å². The third-order valence-corrected chi connectivity index (χ3v) is 0.814. The molecular formula is C4H5N5. The molecule has 0 spiro atoms. The van der Waals surface area contributed by atoms with Gasteiger partial charge in [0.15, 0.2) is 0 Å². The summed E-state index contributed by atoms with van der Waals surface area (Å²) in [6.07, 6.45) is 4.79. The fourth-order valence-electron chi connectivity index (χ4n) is 0.434. The van der Waals surface area contributed by atoms with Crippen molar-refractivity contribution >= 4 is 0 Å². The zero-order chi connectivity index (χ0) is 6.69. The predicted molar refractivity (Wildman–Crippen MR) is 30.2 cm³/mol. The molecule has 0 aliphatic heterocycles. The van der Waals surface area contributed by atoms with Crippen molar-refractivity contribution in [3.05, 3.63) is 18.5 Å². The molecule has 0 saturated carbocycles. The summed E-state index contributed by atoms with van der Waals surface area (Å²) in [6.45, 7) is 0. The molecule has 46 valence electrons. The predicted octanol–water partition coefficient (Wildman–Crippen LogP) is -0.824. The Balaban J connectivity index is 2.80. The largest absolute Gasteiger partial charge is 0.218 e. The Morgan fingerprint density at radius 1 is 1.78 bits per heavy atom. The maximum Gasteiger partial charge on any atom is 0.218 e. The van der Waals surface area contributed by atoms with Crippen molar-refractivity contribution in [2.24, 2.45) is 5.84 Å². The Labute approximate surface area is 51.8 Å². The molecule has 1 rings (SSSR count). The minimum atomic E-state index is 0.819. The van der Waals surface area contributed by atoms with Crippen LogP contribution in [0.2, 0.25) is 0 Å². The first-order chi connectivity index (χ1) is 4.34. The lowest BCUT2D eigenvalue weighted by molar-refractivity contribution is 0.636. The second-order valence-electron chi connectivity index (χ2n) is 1.37. The molecule has 0 atom stereocenters. The van der Waals surface area contributed by atoms with Crippen molar-refractivity contribution in [1.82, 2.24) is 9.89 Å². The topological polar surface area (TPSA) is 70.9 Å². The van der Waals surface area contributed by atoms with Gasteiger partial charge in [-0.1, -0.05) is 0 Å². The molecule has 1 aromatic rings. The lowest BCUT2D eigenvalue weighted by atomic mass is 10.8. The molecule has 0 amide bonds. The Morgan fingerprint density at radius 3 is 3.00 bits per heavy atom. The maximum absolute atomic E-state index is 8.20. The van der Waals surface area contributed by atoms with E-state index in [0.29, 0.717) is 0 Å². The molecule has 5 nitrogen and oxygen atoms in total. The summed E-state index contributed by atoms with van der Waals surface area (Å²) < 4.78 is 0. The SMILES string of the molecule is N#CN(N)n1cccn1. The summed E-state index contributed by atoms with van der Waals surface area (Å²) in [4.78, 5) is 1.22. The minimum Gasteiger partial charge on any atom is -0.217 e. The van der Waals surface area contributed by atoms with Gasteiger partial charge in [0.1, 0.15) is 0 Å². The Bertz CT molecular complexity index is 207. The summed E-state index contributed by atoms with van der Waals surface area (Å²) in [5.41, 5.74) is 0. The second-order valence-corrected chi connectivity index (χ2v) is 1.37. The second kappa shape index (κ2) is 2.15. The van der Waals surface area contributed by atoms with E-state index < -0.39 is 0 Å². The highest BCUT2D eigenvalue weighted by atomic mass is 15.8. The van der Waals surface area contributed by atoms with Gasteiger partial charge < -0.3 is 0 Å². The molecule has 2 N–H and O–H groups in total. The molecule has 5 heteroatoms. The van der Waals surface area contributed by atoms with Gasteiger partial charge in [-0.05, 0) is 6.07 Å². The lowest BCUT2D eigenvalue weighted by Gasteiger charge is -2.04. The number of rotatable bonds is 1. The van der Waals surface area contributed by atoms with Crippen molar-refractivity contribution in [2.45, 2.75) is 0 Å². The van der Waals surface area contributed by atoms with Gasteiger partial charge >= 0.3 is 0 Å². The summed E-state index contributed by atoms with van der Waals surface area (Å²) in [6, 6.07) is 1.68. The molecule has 0 aliphatic rings. The van der Waals surface area contributed by atoms with E-state index in [9.17, 15) is 0 Å². The molecule has 0 bridgehead atoms. The average molecular weight is 123 g/mol. The third kappa shape index (κ3) is 0.978. The van der Waals surface area contributed by atoms with Crippen LogP contribution in [0.1, 0.15) is 0 Å². The first kappa shape index (κ1) is 5.59.